The summed E-state index contributed by atoms with van der Waals surface area (Å²) in [6.45, 7) is -0.114. The largest absolute Gasteiger partial charge is 0.392 e. The van der Waals surface area contributed by atoms with E-state index in [-0.39, 0.29) is 35.4 Å². The molecule has 0 spiro atoms. The highest BCUT2D eigenvalue weighted by atomic mass is 19.1. The Morgan fingerprint density at radius 2 is 1.84 bits per heavy atom. The lowest BCUT2D eigenvalue weighted by molar-refractivity contribution is 0.282. The Morgan fingerprint density at radius 1 is 1.06 bits per heavy atom. The number of anilines is 1. The first kappa shape index (κ1) is 20.2. The summed E-state index contributed by atoms with van der Waals surface area (Å²) >= 11 is 0. The lowest BCUT2D eigenvalue weighted by Gasteiger charge is -2.23. The van der Waals surface area contributed by atoms with Crippen molar-refractivity contribution in [3.05, 3.63) is 95.9 Å². The van der Waals surface area contributed by atoms with E-state index in [1.165, 1.54) is 12.1 Å². The standard InChI is InChI=1S/C22H19FN6O2/c23-17-6-1-2-7-18(17)29(25)20(15-8-10-26-11-9-15)19(24)22-27-21(28-31-22)16-5-3-4-14(12-16)13-30/h1-12,30H,13,24-25H2/b20-19-. The molecule has 0 saturated carbocycles. The molecule has 2 aromatic heterocycles. The van der Waals surface area contributed by atoms with Crippen molar-refractivity contribution < 1.29 is 14.0 Å². The van der Waals surface area contributed by atoms with E-state index >= 15 is 0 Å². The van der Waals surface area contributed by atoms with Gasteiger partial charge in [0.15, 0.2) is 0 Å². The first-order valence-corrected chi connectivity index (χ1v) is 9.32. The van der Waals surface area contributed by atoms with Crippen molar-refractivity contribution in [1.82, 2.24) is 15.1 Å². The number of rotatable bonds is 6. The molecule has 156 valence electrons. The zero-order valence-corrected chi connectivity index (χ0v) is 16.3. The van der Waals surface area contributed by atoms with Crippen LogP contribution in [0.3, 0.4) is 0 Å². The van der Waals surface area contributed by atoms with E-state index in [0.29, 0.717) is 16.7 Å². The third-order valence-corrected chi connectivity index (χ3v) is 4.59. The number of nitrogens with two attached hydrogens (primary N) is 2. The Balaban J connectivity index is 1.81. The number of pyridine rings is 1. The number of para-hydroxylation sites is 1. The molecule has 31 heavy (non-hydrogen) atoms. The molecule has 0 aliphatic carbocycles. The van der Waals surface area contributed by atoms with Gasteiger partial charge in [0.1, 0.15) is 11.5 Å². The van der Waals surface area contributed by atoms with Crippen LogP contribution in [0.25, 0.3) is 22.8 Å². The molecule has 5 N–H and O–H groups in total. The molecule has 9 heteroatoms. The third kappa shape index (κ3) is 4.13. The molecule has 0 saturated heterocycles. The fraction of sp³-hybridized carbons (Fsp3) is 0.0455. The lowest BCUT2D eigenvalue weighted by atomic mass is 10.1. The van der Waals surface area contributed by atoms with Gasteiger partial charge in [0.2, 0.25) is 5.82 Å². The van der Waals surface area contributed by atoms with Gasteiger partial charge in [0.05, 0.1) is 18.0 Å². The zero-order valence-electron chi connectivity index (χ0n) is 16.3. The fourth-order valence-corrected chi connectivity index (χ4v) is 3.06. The van der Waals surface area contributed by atoms with Crippen LogP contribution in [0.1, 0.15) is 17.0 Å². The van der Waals surface area contributed by atoms with Crippen molar-refractivity contribution >= 4 is 17.1 Å². The summed E-state index contributed by atoms with van der Waals surface area (Å²) < 4.78 is 19.8. The number of nitrogens with zero attached hydrogens (tertiary/aromatic N) is 4. The maximum absolute atomic E-state index is 14.4. The van der Waals surface area contributed by atoms with Crippen LogP contribution < -0.4 is 16.6 Å². The van der Waals surface area contributed by atoms with Gasteiger partial charge in [0, 0.05) is 23.5 Å². The molecule has 4 rings (SSSR count). The number of hydrogen-bond donors (Lipinski definition) is 3. The van der Waals surface area contributed by atoms with Crippen LogP contribution >= 0.6 is 0 Å². The predicted molar refractivity (Wildman–Crippen MR) is 114 cm³/mol. The average Bonchev–Trinajstić information content (AvgIpc) is 3.31. The van der Waals surface area contributed by atoms with Crippen LogP contribution in [-0.2, 0) is 6.61 Å². The minimum atomic E-state index is -0.517. The van der Waals surface area contributed by atoms with E-state index in [0.717, 1.165) is 5.01 Å². The first-order valence-electron chi connectivity index (χ1n) is 9.32. The molecule has 0 bridgehead atoms. The van der Waals surface area contributed by atoms with Gasteiger partial charge in [-0.05, 0) is 35.9 Å². The second-order valence-corrected chi connectivity index (χ2v) is 6.60. The van der Waals surface area contributed by atoms with Crippen LogP contribution in [0, 0.1) is 5.82 Å². The Hall–Kier alpha value is -4.08. The molecule has 0 aliphatic rings. The van der Waals surface area contributed by atoms with Gasteiger partial charge >= 0.3 is 0 Å². The van der Waals surface area contributed by atoms with Gasteiger partial charge in [-0.3, -0.25) is 9.99 Å². The maximum Gasteiger partial charge on any atom is 0.276 e. The molecule has 0 fully saturated rings. The fourth-order valence-electron chi connectivity index (χ4n) is 3.06. The minimum absolute atomic E-state index is 0.0167. The molecule has 0 unspecified atom stereocenters. The Bertz CT molecular complexity index is 1230. The van der Waals surface area contributed by atoms with Gasteiger partial charge in [-0.1, -0.05) is 35.5 Å². The van der Waals surface area contributed by atoms with Crippen LogP contribution in [0.2, 0.25) is 0 Å². The van der Waals surface area contributed by atoms with E-state index in [4.69, 9.17) is 16.1 Å². The van der Waals surface area contributed by atoms with Crippen molar-refractivity contribution in [3.8, 4) is 11.4 Å². The van der Waals surface area contributed by atoms with Gasteiger partial charge in [-0.25, -0.2) is 10.2 Å². The molecule has 4 aromatic rings. The quantitative estimate of drug-likeness (QED) is 0.322. The molecule has 0 amide bonds. The zero-order chi connectivity index (χ0) is 21.8. The smallest absolute Gasteiger partial charge is 0.276 e. The van der Waals surface area contributed by atoms with Crippen molar-refractivity contribution in [1.29, 1.82) is 0 Å². The molecular weight excluding hydrogens is 399 g/mol. The van der Waals surface area contributed by atoms with E-state index in [1.807, 2.05) is 0 Å². The number of aliphatic hydroxyl groups is 1. The minimum Gasteiger partial charge on any atom is -0.392 e. The van der Waals surface area contributed by atoms with Crippen LogP contribution in [0.5, 0.6) is 0 Å². The molecule has 0 aliphatic heterocycles. The number of hydrogen-bond acceptors (Lipinski definition) is 8. The molecule has 2 aromatic carbocycles. The highest BCUT2D eigenvalue weighted by Crippen LogP contribution is 2.30. The van der Waals surface area contributed by atoms with E-state index in [2.05, 4.69) is 15.1 Å². The highest BCUT2D eigenvalue weighted by molar-refractivity contribution is 5.93. The molecule has 0 radical (unpaired) electrons. The molecule has 8 nitrogen and oxygen atoms in total. The van der Waals surface area contributed by atoms with E-state index < -0.39 is 5.82 Å². The van der Waals surface area contributed by atoms with Crippen LogP contribution in [0.4, 0.5) is 10.1 Å². The number of halogens is 1. The normalized spacial score (nSPS) is 11.8. The van der Waals surface area contributed by atoms with Crippen molar-refractivity contribution in [2.45, 2.75) is 6.61 Å². The summed E-state index contributed by atoms with van der Waals surface area (Å²) in [6.07, 6.45) is 3.13. The first-order chi connectivity index (χ1) is 15.1. The summed E-state index contributed by atoms with van der Waals surface area (Å²) in [5.74, 6) is 6.07. The SMILES string of the molecule is N/C(=C(/c1ccncc1)N(N)c1ccccc1F)c1nc(-c2cccc(CO)c2)no1. The summed E-state index contributed by atoms with van der Waals surface area (Å²) in [5, 5.41) is 14.5. The maximum atomic E-state index is 14.4. The lowest BCUT2D eigenvalue weighted by Crippen LogP contribution is -2.32. The van der Waals surface area contributed by atoms with Gasteiger partial charge in [-0.15, -0.1) is 0 Å². The molecule has 2 heterocycles. The monoisotopic (exact) mass is 418 g/mol. The van der Waals surface area contributed by atoms with E-state index in [1.54, 1.807) is 60.9 Å². The van der Waals surface area contributed by atoms with Crippen LogP contribution in [0.15, 0.2) is 77.6 Å². The number of aliphatic hydroxyl groups excluding tert-OH is 1. The van der Waals surface area contributed by atoms with Crippen molar-refractivity contribution in [3.63, 3.8) is 0 Å². The predicted octanol–water partition coefficient (Wildman–Crippen LogP) is 2.93. The molecular formula is C22H19FN6O2. The third-order valence-electron chi connectivity index (χ3n) is 4.59. The highest BCUT2D eigenvalue weighted by Gasteiger charge is 2.22. The Morgan fingerprint density at radius 3 is 2.58 bits per heavy atom. The summed E-state index contributed by atoms with van der Waals surface area (Å²) in [5.41, 5.74) is 8.78. The topological polar surface area (TPSA) is 127 Å². The Kier molecular flexibility index (Phi) is 5.69. The summed E-state index contributed by atoms with van der Waals surface area (Å²) in [7, 11) is 0. The van der Waals surface area contributed by atoms with Gasteiger partial charge in [0.25, 0.3) is 5.89 Å². The summed E-state index contributed by atoms with van der Waals surface area (Å²) in [6, 6.07) is 16.5. The van der Waals surface area contributed by atoms with E-state index in [9.17, 15) is 9.50 Å². The molecule has 0 atom stereocenters. The number of benzene rings is 2. The second-order valence-electron chi connectivity index (χ2n) is 6.60. The Labute approximate surface area is 177 Å². The van der Waals surface area contributed by atoms with Gasteiger partial charge in [-0.2, -0.15) is 4.98 Å². The second kappa shape index (κ2) is 8.74. The summed E-state index contributed by atoms with van der Waals surface area (Å²) in [4.78, 5) is 8.37. The number of hydrazine groups is 1. The van der Waals surface area contributed by atoms with Gasteiger partial charge < -0.3 is 15.4 Å². The number of aromatic nitrogens is 3. The average molecular weight is 418 g/mol. The van der Waals surface area contributed by atoms with Crippen molar-refractivity contribution in [2.75, 3.05) is 5.01 Å². The van der Waals surface area contributed by atoms with Crippen molar-refractivity contribution in [2.24, 2.45) is 11.6 Å². The van der Waals surface area contributed by atoms with Crippen LogP contribution in [-0.4, -0.2) is 20.2 Å².